The Morgan fingerprint density at radius 3 is 2.81 bits per heavy atom. The summed E-state index contributed by atoms with van der Waals surface area (Å²) < 4.78 is 26.7. The number of rotatable bonds is 5. The average molecular weight is 323 g/mol. The number of nitriles is 1. The molecule has 1 atom stereocenters. The molecule has 8 heteroatoms. The van der Waals surface area contributed by atoms with Gasteiger partial charge in [0.15, 0.2) is 0 Å². The van der Waals surface area contributed by atoms with E-state index in [0.29, 0.717) is 11.3 Å². The van der Waals surface area contributed by atoms with Gasteiger partial charge in [-0.05, 0) is 40.6 Å². The number of aliphatic hydroxyl groups excluding tert-OH is 1. The second-order valence-electron chi connectivity index (χ2n) is 4.29. The number of thiophene rings is 1. The Hall–Kier alpha value is -1.92. The first-order valence-corrected chi connectivity index (χ1v) is 8.36. The Morgan fingerprint density at radius 1 is 1.43 bits per heavy atom. The molecule has 0 radical (unpaired) electrons. The smallest absolute Gasteiger partial charge is 0.241 e. The molecule has 1 heterocycles. The summed E-state index contributed by atoms with van der Waals surface area (Å²) in [7, 11) is -3.89. The van der Waals surface area contributed by atoms with E-state index in [1.54, 1.807) is 22.9 Å². The predicted octanol–water partition coefficient (Wildman–Crippen LogP) is 1.21. The third-order valence-corrected chi connectivity index (χ3v) is 4.99. The van der Waals surface area contributed by atoms with Gasteiger partial charge in [0.2, 0.25) is 10.0 Å². The van der Waals surface area contributed by atoms with Crippen molar-refractivity contribution in [2.45, 2.75) is 11.0 Å². The summed E-state index contributed by atoms with van der Waals surface area (Å²) in [5.41, 5.74) is 6.44. The normalized spacial score (nSPS) is 12.8. The Labute approximate surface area is 126 Å². The van der Waals surface area contributed by atoms with E-state index in [9.17, 15) is 13.5 Å². The van der Waals surface area contributed by atoms with Gasteiger partial charge in [-0.1, -0.05) is 0 Å². The van der Waals surface area contributed by atoms with Crippen LogP contribution in [0.4, 0.5) is 5.69 Å². The van der Waals surface area contributed by atoms with Crippen molar-refractivity contribution in [2.24, 2.45) is 0 Å². The van der Waals surface area contributed by atoms with Crippen LogP contribution in [0, 0.1) is 11.3 Å². The molecule has 0 saturated carbocycles. The molecule has 0 amide bonds. The standard InChI is InChI=1S/C13H13N3O3S2/c14-6-10-5-11(15)1-2-13(10)21(18,19)16-7-12(17)9-3-4-20-8-9/h1-5,8,12,16-17H,7,15H2. The van der Waals surface area contributed by atoms with Gasteiger partial charge in [0, 0.05) is 12.2 Å². The van der Waals surface area contributed by atoms with E-state index in [1.807, 2.05) is 0 Å². The third-order valence-electron chi connectivity index (χ3n) is 2.81. The fraction of sp³-hybridized carbons (Fsp3) is 0.154. The van der Waals surface area contributed by atoms with E-state index >= 15 is 0 Å². The molecule has 0 spiro atoms. The Kier molecular flexibility index (Phi) is 4.59. The van der Waals surface area contributed by atoms with Gasteiger partial charge >= 0.3 is 0 Å². The Balaban J connectivity index is 2.18. The lowest BCUT2D eigenvalue weighted by Gasteiger charge is -2.12. The largest absolute Gasteiger partial charge is 0.399 e. The van der Waals surface area contributed by atoms with Crippen molar-refractivity contribution in [3.05, 3.63) is 46.2 Å². The highest BCUT2D eigenvalue weighted by Crippen LogP contribution is 2.19. The minimum Gasteiger partial charge on any atom is -0.399 e. The predicted molar refractivity (Wildman–Crippen MR) is 80.0 cm³/mol. The molecule has 2 rings (SSSR count). The van der Waals surface area contributed by atoms with Gasteiger partial charge in [-0.25, -0.2) is 13.1 Å². The molecular weight excluding hydrogens is 310 g/mol. The number of nitrogens with two attached hydrogens (primary N) is 1. The van der Waals surface area contributed by atoms with Gasteiger partial charge in [-0.15, -0.1) is 0 Å². The van der Waals surface area contributed by atoms with Gasteiger partial charge in [0.25, 0.3) is 0 Å². The zero-order valence-electron chi connectivity index (χ0n) is 10.9. The van der Waals surface area contributed by atoms with Crippen molar-refractivity contribution in [1.29, 1.82) is 5.26 Å². The fourth-order valence-corrected chi connectivity index (χ4v) is 3.60. The summed E-state index contributed by atoms with van der Waals surface area (Å²) in [5, 5.41) is 22.4. The summed E-state index contributed by atoms with van der Waals surface area (Å²) in [6, 6.07) is 7.49. The molecule has 6 nitrogen and oxygen atoms in total. The van der Waals surface area contributed by atoms with E-state index < -0.39 is 16.1 Å². The molecule has 0 aliphatic rings. The average Bonchev–Trinajstić information content (AvgIpc) is 2.98. The maximum atomic E-state index is 12.2. The van der Waals surface area contributed by atoms with Crippen molar-refractivity contribution in [3.8, 4) is 6.07 Å². The van der Waals surface area contributed by atoms with E-state index in [4.69, 9.17) is 11.0 Å². The summed E-state index contributed by atoms with van der Waals surface area (Å²) >= 11 is 1.41. The molecule has 1 unspecified atom stereocenters. The lowest BCUT2D eigenvalue weighted by atomic mass is 10.2. The van der Waals surface area contributed by atoms with Crippen molar-refractivity contribution in [1.82, 2.24) is 4.72 Å². The van der Waals surface area contributed by atoms with Crippen LogP contribution in [0.25, 0.3) is 0 Å². The van der Waals surface area contributed by atoms with Crippen LogP contribution in [0.2, 0.25) is 0 Å². The first-order valence-electron chi connectivity index (χ1n) is 5.93. The second kappa shape index (κ2) is 6.24. The molecule has 2 aromatic rings. The first kappa shape index (κ1) is 15.5. The highest BCUT2D eigenvalue weighted by molar-refractivity contribution is 7.89. The number of nitrogen functional groups attached to an aromatic ring is 1. The van der Waals surface area contributed by atoms with Crippen LogP contribution in [-0.4, -0.2) is 20.1 Å². The van der Waals surface area contributed by atoms with Crippen LogP contribution < -0.4 is 10.5 Å². The minimum atomic E-state index is -3.89. The van der Waals surface area contributed by atoms with Crippen molar-refractivity contribution in [2.75, 3.05) is 12.3 Å². The van der Waals surface area contributed by atoms with Crippen LogP contribution in [0.1, 0.15) is 17.2 Å². The van der Waals surface area contributed by atoms with Crippen LogP contribution in [0.15, 0.2) is 39.9 Å². The van der Waals surface area contributed by atoms with Crippen molar-refractivity contribution in [3.63, 3.8) is 0 Å². The van der Waals surface area contributed by atoms with Crippen LogP contribution in [-0.2, 0) is 10.0 Å². The van der Waals surface area contributed by atoms with Gasteiger partial charge in [-0.3, -0.25) is 0 Å². The number of nitrogens with one attached hydrogen (secondary N) is 1. The molecule has 4 N–H and O–H groups in total. The molecule has 0 aliphatic heterocycles. The monoisotopic (exact) mass is 323 g/mol. The first-order chi connectivity index (χ1) is 9.94. The topological polar surface area (TPSA) is 116 Å². The second-order valence-corrected chi connectivity index (χ2v) is 6.81. The molecule has 110 valence electrons. The van der Waals surface area contributed by atoms with E-state index in [0.717, 1.165) is 0 Å². The number of sulfonamides is 1. The number of nitrogens with zero attached hydrogens (tertiary/aromatic N) is 1. The van der Waals surface area contributed by atoms with Crippen molar-refractivity contribution >= 4 is 27.0 Å². The van der Waals surface area contributed by atoms with E-state index in [2.05, 4.69) is 4.72 Å². The maximum Gasteiger partial charge on any atom is 0.241 e. The fourth-order valence-electron chi connectivity index (χ4n) is 1.72. The molecule has 0 aliphatic carbocycles. The SMILES string of the molecule is N#Cc1cc(N)ccc1S(=O)(=O)NCC(O)c1ccsc1. The number of anilines is 1. The quantitative estimate of drug-likeness (QED) is 0.715. The zero-order chi connectivity index (χ0) is 15.5. The number of aliphatic hydroxyl groups is 1. The summed E-state index contributed by atoms with van der Waals surface area (Å²) in [6.45, 7) is -0.172. The molecule has 0 bridgehead atoms. The molecular formula is C13H13N3O3S2. The number of hydrogen-bond donors (Lipinski definition) is 3. The summed E-state index contributed by atoms with van der Waals surface area (Å²) in [5.74, 6) is 0. The summed E-state index contributed by atoms with van der Waals surface area (Å²) in [6.07, 6.45) is -0.939. The molecule has 21 heavy (non-hydrogen) atoms. The Bertz CT molecular complexity index is 764. The molecule has 1 aromatic heterocycles. The highest BCUT2D eigenvalue weighted by atomic mass is 32.2. The lowest BCUT2D eigenvalue weighted by Crippen LogP contribution is -2.29. The van der Waals surface area contributed by atoms with Gasteiger partial charge in [-0.2, -0.15) is 16.6 Å². The molecule has 1 aromatic carbocycles. The maximum absolute atomic E-state index is 12.2. The van der Waals surface area contributed by atoms with Gasteiger partial charge < -0.3 is 10.8 Å². The van der Waals surface area contributed by atoms with E-state index in [-0.39, 0.29) is 17.0 Å². The van der Waals surface area contributed by atoms with Crippen LogP contribution in [0.3, 0.4) is 0 Å². The third kappa shape index (κ3) is 3.59. The van der Waals surface area contributed by atoms with Crippen molar-refractivity contribution < 1.29 is 13.5 Å². The molecule has 0 saturated heterocycles. The minimum absolute atomic E-state index is 0.0347. The lowest BCUT2D eigenvalue weighted by molar-refractivity contribution is 0.182. The number of hydrogen-bond acceptors (Lipinski definition) is 6. The van der Waals surface area contributed by atoms with Crippen LogP contribution >= 0.6 is 11.3 Å². The number of benzene rings is 1. The zero-order valence-corrected chi connectivity index (χ0v) is 12.5. The Morgan fingerprint density at radius 2 is 2.19 bits per heavy atom. The van der Waals surface area contributed by atoms with Crippen LogP contribution in [0.5, 0.6) is 0 Å². The van der Waals surface area contributed by atoms with Gasteiger partial charge in [0.05, 0.1) is 16.6 Å². The van der Waals surface area contributed by atoms with Gasteiger partial charge in [0.1, 0.15) is 6.07 Å². The summed E-state index contributed by atoms with van der Waals surface area (Å²) in [4.78, 5) is -0.156. The molecule has 0 fully saturated rings. The van der Waals surface area contributed by atoms with E-state index in [1.165, 1.54) is 29.5 Å². The highest BCUT2D eigenvalue weighted by Gasteiger charge is 2.20.